The predicted molar refractivity (Wildman–Crippen MR) is 95.4 cm³/mol. The Hall–Kier alpha value is -2.34. The molecule has 0 bridgehead atoms. The van der Waals surface area contributed by atoms with E-state index in [-0.39, 0.29) is 18.5 Å². The molecule has 5 nitrogen and oxygen atoms in total. The van der Waals surface area contributed by atoms with Crippen molar-refractivity contribution in [1.82, 2.24) is 0 Å². The molecule has 0 atom stereocenters. The number of anilines is 1. The molecule has 0 spiro atoms. The van der Waals surface area contributed by atoms with Crippen molar-refractivity contribution < 1.29 is 19.1 Å². The molecule has 0 heterocycles. The van der Waals surface area contributed by atoms with Crippen molar-refractivity contribution in [2.75, 3.05) is 18.5 Å². The number of benzene rings is 2. The minimum Gasteiger partial charge on any atom is -0.484 e. The Morgan fingerprint density at radius 1 is 1.12 bits per heavy atom. The van der Waals surface area contributed by atoms with Crippen molar-refractivity contribution in [2.45, 2.75) is 13.8 Å². The number of rotatable bonds is 6. The zero-order chi connectivity index (χ0) is 17.5. The van der Waals surface area contributed by atoms with Crippen LogP contribution in [0.1, 0.15) is 22.8 Å². The van der Waals surface area contributed by atoms with Gasteiger partial charge in [0.15, 0.2) is 6.61 Å². The average Bonchev–Trinajstić information content (AvgIpc) is 2.56. The van der Waals surface area contributed by atoms with Crippen LogP contribution in [0.25, 0.3) is 0 Å². The fourth-order valence-electron chi connectivity index (χ4n) is 1.96. The lowest BCUT2D eigenvalue weighted by Gasteiger charge is -2.10. The van der Waals surface area contributed by atoms with E-state index in [2.05, 4.69) is 21.2 Å². The van der Waals surface area contributed by atoms with Crippen LogP contribution in [0, 0.1) is 6.92 Å². The first-order valence-electron chi connectivity index (χ1n) is 7.45. The fourth-order valence-corrected chi connectivity index (χ4v) is 2.55. The second-order valence-electron chi connectivity index (χ2n) is 5.06. The van der Waals surface area contributed by atoms with Crippen LogP contribution in [0.4, 0.5) is 5.69 Å². The van der Waals surface area contributed by atoms with Gasteiger partial charge in [0.25, 0.3) is 5.91 Å². The van der Waals surface area contributed by atoms with Crippen LogP contribution in [0.2, 0.25) is 0 Å². The van der Waals surface area contributed by atoms with Gasteiger partial charge in [0.2, 0.25) is 0 Å². The molecule has 24 heavy (non-hydrogen) atoms. The van der Waals surface area contributed by atoms with Gasteiger partial charge in [-0.25, -0.2) is 4.79 Å². The minimum absolute atomic E-state index is 0.126. The van der Waals surface area contributed by atoms with Crippen molar-refractivity contribution in [3.05, 3.63) is 58.1 Å². The highest BCUT2D eigenvalue weighted by molar-refractivity contribution is 9.10. The molecule has 0 saturated heterocycles. The number of halogens is 1. The standard InChI is InChI=1S/C18H18BrNO4/c1-3-23-18(22)13-5-7-14(8-6-13)24-11-17(21)20-16-9-4-12(2)10-15(16)19/h4-10H,3,11H2,1-2H3,(H,20,21). The van der Waals surface area contributed by atoms with Crippen LogP contribution in [0.3, 0.4) is 0 Å². The summed E-state index contributed by atoms with van der Waals surface area (Å²) in [7, 11) is 0. The van der Waals surface area contributed by atoms with Crippen molar-refractivity contribution >= 4 is 33.5 Å². The molecular weight excluding hydrogens is 374 g/mol. The van der Waals surface area contributed by atoms with Crippen molar-refractivity contribution in [2.24, 2.45) is 0 Å². The van der Waals surface area contributed by atoms with Gasteiger partial charge < -0.3 is 14.8 Å². The van der Waals surface area contributed by atoms with Gasteiger partial charge in [-0.05, 0) is 71.7 Å². The lowest BCUT2D eigenvalue weighted by molar-refractivity contribution is -0.118. The first kappa shape index (κ1) is 18.0. The lowest BCUT2D eigenvalue weighted by Crippen LogP contribution is -2.20. The molecule has 0 aromatic heterocycles. The zero-order valence-electron chi connectivity index (χ0n) is 13.5. The summed E-state index contributed by atoms with van der Waals surface area (Å²) in [6.45, 7) is 3.92. The Bertz CT molecular complexity index is 728. The summed E-state index contributed by atoms with van der Waals surface area (Å²) < 4.78 is 11.1. The van der Waals surface area contributed by atoms with Crippen LogP contribution in [0.5, 0.6) is 5.75 Å². The third kappa shape index (κ3) is 5.09. The van der Waals surface area contributed by atoms with E-state index in [1.807, 2.05) is 25.1 Å². The second-order valence-corrected chi connectivity index (χ2v) is 5.92. The van der Waals surface area contributed by atoms with Gasteiger partial charge in [0, 0.05) is 4.47 Å². The van der Waals surface area contributed by atoms with Gasteiger partial charge in [0.05, 0.1) is 17.9 Å². The van der Waals surface area contributed by atoms with Crippen LogP contribution >= 0.6 is 15.9 Å². The van der Waals surface area contributed by atoms with E-state index in [9.17, 15) is 9.59 Å². The molecule has 2 rings (SSSR count). The normalized spacial score (nSPS) is 10.1. The fraction of sp³-hybridized carbons (Fsp3) is 0.222. The number of amides is 1. The van der Waals surface area contributed by atoms with Gasteiger partial charge in [0.1, 0.15) is 5.75 Å². The molecule has 1 amide bonds. The molecular formula is C18H18BrNO4. The number of hydrogen-bond acceptors (Lipinski definition) is 4. The smallest absolute Gasteiger partial charge is 0.338 e. The van der Waals surface area contributed by atoms with E-state index in [0.717, 1.165) is 10.0 Å². The summed E-state index contributed by atoms with van der Waals surface area (Å²) in [5.41, 5.74) is 2.22. The number of carbonyl (C=O) groups excluding carboxylic acids is 2. The molecule has 1 N–H and O–H groups in total. The predicted octanol–water partition coefficient (Wildman–Crippen LogP) is 3.95. The van der Waals surface area contributed by atoms with Crippen molar-refractivity contribution in [1.29, 1.82) is 0 Å². The first-order valence-corrected chi connectivity index (χ1v) is 8.25. The average molecular weight is 392 g/mol. The summed E-state index contributed by atoms with van der Waals surface area (Å²) in [6, 6.07) is 12.1. The summed E-state index contributed by atoms with van der Waals surface area (Å²) >= 11 is 3.41. The summed E-state index contributed by atoms with van der Waals surface area (Å²) in [5.74, 6) is -0.152. The number of carbonyl (C=O) groups is 2. The SMILES string of the molecule is CCOC(=O)c1ccc(OCC(=O)Nc2ccc(C)cc2Br)cc1. The van der Waals surface area contributed by atoms with Gasteiger partial charge in [-0.3, -0.25) is 4.79 Å². The molecule has 2 aromatic carbocycles. The Labute approximate surface area is 149 Å². The largest absolute Gasteiger partial charge is 0.484 e. The molecule has 0 radical (unpaired) electrons. The Balaban J connectivity index is 1.88. The maximum Gasteiger partial charge on any atom is 0.338 e. The van der Waals surface area contributed by atoms with Crippen molar-refractivity contribution in [3.63, 3.8) is 0 Å². The number of ether oxygens (including phenoxy) is 2. The van der Waals surface area contributed by atoms with E-state index >= 15 is 0 Å². The Morgan fingerprint density at radius 3 is 2.46 bits per heavy atom. The van der Waals surface area contributed by atoms with Gasteiger partial charge in [-0.15, -0.1) is 0 Å². The highest BCUT2D eigenvalue weighted by Gasteiger charge is 2.08. The van der Waals surface area contributed by atoms with E-state index in [4.69, 9.17) is 9.47 Å². The van der Waals surface area contributed by atoms with Crippen LogP contribution < -0.4 is 10.1 Å². The minimum atomic E-state index is -0.383. The molecule has 0 aliphatic carbocycles. The molecule has 2 aromatic rings. The quantitative estimate of drug-likeness (QED) is 0.757. The summed E-state index contributed by atoms with van der Waals surface area (Å²) in [6.07, 6.45) is 0. The van der Waals surface area contributed by atoms with Crippen LogP contribution in [-0.4, -0.2) is 25.1 Å². The summed E-state index contributed by atoms with van der Waals surface area (Å²) in [4.78, 5) is 23.5. The molecule has 0 aliphatic heterocycles. The topological polar surface area (TPSA) is 64.6 Å². The molecule has 0 fully saturated rings. The molecule has 126 valence electrons. The van der Waals surface area contributed by atoms with E-state index < -0.39 is 0 Å². The molecule has 0 unspecified atom stereocenters. The third-order valence-corrected chi connectivity index (χ3v) is 3.79. The molecule has 0 aliphatic rings. The number of hydrogen-bond donors (Lipinski definition) is 1. The van der Waals surface area contributed by atoms with Crippen molar-refractivity contribution in [3.8, 4) is 5.75 Å². The van der Waals surface area contributed by atoms with E-state index in [1.54, 1.807) is 31.2 Å². The maximum absolute atomic E-state index is 12.0. The second kappa shape index (κ2) is 8.49. The zero-order valence-corrected chi connectivity index (χ0v) is 15.1. The first-order chi connectivity index (χ1) is 11.5. The number of nitrogens with one attached hydrogen (secondary N) is 1. The highest BCUT2D eigenvalue weighted by Crippen LogP contribution is 2.23. The highest BCUT2D eigenvalue weighted by atomic mass is 79.9. The molecule has 6 heteroatoms. The van der Waals surface area contributed by atoms with Gasteiger partial charge in [-0.2, -0.15) is 0 Å². The number of esters is 1. The van der Waals surface area contributed by atoms with E-state index in [0.29, 0.717) is 23.6 Å². The van der Waals surface area contributed by atoms with Gasteiger partial charge >= 0.3 is 5.97 Å². The van der Waals surface area contributed by atoms with Gasteiger partial charge in [-0.1, -0.05) is 6.07 Å². The van der Waals surface area contributed by atoms with Crippen LogP contribution in [-0.2, 0) is 9.53 Å². The Kier molecular flexibility index (Phi) is 6.37. The monoisotopic (exact) mass is 391 g/mol. The van der Waals surface area contributed by atoms with E-state index in [1.165, 1.54) is 0 Å². The Morgan fingerprint density at radius 2 is 1.83 bits per heavy atom. The number of aryl methyl sites for hydroxylation is 1. The molecule has 0 saturated carbocycles. The third-order valence-electron chi connectivity index (χ3n) is 3.13. The van der Waals surface area contributed by atoms with Crippen LogP contribution in [0.15, 0.2) is 46.9 Å². The maximum atomic E-state index is 12.0. The summed E-state index contributed by atoms with van der Waals surface area (Å²) in [5, 5.41) is 2.77. The lowest BCUT2D eigenvalue weighted by atomic mass is 10.2.